The molecule has 29 heavy (non-hydrogen) atoms. The van der Waals surface area contributed by atoms with E-state index >= 15 is 0 Å². The minimum absolute atomic E-state index is 0. The molecule has 10 heteroatoms. The molecule has 0 aliphatic carbocycles. The molecule has 0 aromatic heterocycles. The fraction of sp³-hybridized carbons (Fsp3) is 0.632. The van der Waals surface area contributed by atoms with Crippen molar-refractivity contribution in [3.63, 3.8) is 0 Å². The summed E-state index contributed by atoms with van der Waals surface area (Å²) in [7, 11) is 0. The Hall–Kier alpha value is 0.291. The Bertz CT molecular complexity index is 762. The number of benzene rings is 1. The molecule has 1 aromatic carbocycles. The van der Waals surface area contributed by atoms with Crippen molar-refractivity contribution >= 4 is 31.2 Å². The molecule has 1 heterocycles. The first-order valence-corrected chi connectivity index (χ1v) is 9.88. The monoisotopic (exact) mass is 456 g/mol. The Morgan fingerprint density at radius 2 is 1.55 bits per heavy atom. The molecule has 4 nitrogen and oxygen atoms in total. The SMILES string of the molecule is Cc1c(S)c(C)c([B-](F)(F)F)c(C)c1CN1CCN(C(=O)OC(C)(C)C)CC1.[K+]. The van der Waals surface area contributed by atoms with Crippen LogP contribution >= 0.6 is 12.6 Å². The topological polar surface area (TPSA) is 32.8 Å². The van der Waals surface area contributed by atoms with Crippen LogP contribution in [0, 0.1) is 20.8 Å². The zero-order valence-corrected chi connectivity index (χ0v) is 22.4. The molecule has 1 aliphatic rings. The summed E-state index contributed by atoms with van der Waals surface area (Å²) in [5.74, 6) is 0. The number of carbonyl (C=O) groups excluding carboxylic acids is 1. The third-order valence-electron chi connectivity index (χ3n) is 5.16. The van der Waals surface area contributed by atoms with E-state index in [2.05, 4.69) is 17.5 Å². The van der Waals surface area contributed by atoms with E-state index in [9.17, 15) is 17.7 Å². The van der Waals surface area contributed by atoms with Crippen LogP contribution in [-0.2, 0) is 11.3 Å². The third-order valence-corrected chi connectivity index (χ3v) is 5.83. The minimum atomic E-state index is -5.11. The van der Waals surface area contributed by atoms with Crippen molar-refractivity contribution in [1.29, 1.82) is 0 Å². The number of hydrogen-bond acceptors (Lipinski definition) is 4. The van der Waals surface area contributed by atoms with Gasteiger partial charge in [-0.3, -0.25) is 4.90 Å². The number of nitrogens with zero attached hydrogens (tertiary/aromatic N) is 2. The Labute approximate surface area is 219 Å². The van der Waals surface area contributed by atoms with Gasteiger partial charge >= 0.3 is 64.5 Å². The average Bonchev–Trinajstić information content (AvgIpc) is 2.54. The van der Waals surface area contributed by atoms with Gasteiger partial charge in [0.25, 0.3) is 0 Å². The summed E-state index contributed by atoms with van der Waals surface area (Å²) in [6.45, 7) is 7.75. The molecule has 2 rings (SSSR count). The molecule has 0 spiro atoms. The second kappa shape index (κ2) is 10.3. The van der Waals surface area contributed by atoms with Crippen LogP contribution in [0.2, 0.25) is 0 Å². The maximum Gasteiger partial charge on any atom is 1.00 e. The van der Waals surface area contributed by atoms with Crippen molar-refractivity contribution in [2.75, 3.05) is 26.2 Å². The smallest absolute Gasteiger partial charge is 0.445 e. The summed E-state index contributed by atoms with van der Waals surface area (Å²) in [4.78, 5) is 16.3. The quantitative estimate of drug-likeness (QED) is 0.545. The number of amides is 1. The van der Waals surface area contributed by atoms with Gasteiger partial charge in [-0.05, 0) is 52.7 Å². The molecule has 0 radical (unpaired) electrons. The van der Waals surface area contributed by atoms with Crippen LogP contribution in [0.25, 0.3) is 0 Å². The van der Waals surface area contributed by atoms with Crippen LogP contribution in [0.1, 0.15) is 43.0 Å². The maximum atomic E-state index is 13.6. The van der Waals surface area contributed by atoms with Crippen LogP contribution in [0.5, 0.6) is 0 Å². The van der Waals surface area contributed by atoms with Crippen LogP contribution in [0.3, 0.4) is 0 Å². The Morgan fingerprint density at radius 3 is 2.00 bits per heavy atom. The molecule has 0 saturated carbocycles. The van der Waals surface area contributed by atoms with Gasteiger partial charge in [-0.1, -0.05) is 11.1 Å². The van der Waals surface area contributed by atoms with Crippen LogP contribution < -0.4 is 56.8 Å². The van der Waals surface area contributed by atoms with Crippen molar-refractivity contribution in [3.05, 3.63) is 22.3 Å². The van der Waals surface area contributed by atoms with E-state index in [1.165, 1.54) is 6.92 Å². The number of carbonyl (C=O) groups is 1. The summed E-state index contributed by atoms with van der Waals surface area (Å²) >= 11 is 4.35. The Morgan fingerprint density at radius 1 is 1.03 bits per heavy atom. The van der Waals surface area contributed by atoms with E-state index in [-0.39, 0.29) is 68.6 Å². The van der Waals surface area contributed by atoms with Gasteiger partial charge in [0.2, 0.25) is 0 Å². The second-order valence-corrected chi connectivity index (χ2v) is 8.88. The fourth-order valence-electron chi connectivity index (χ4n) is 3.64. The van der Waals surface area contributed by atoms with Gasteiger partial charge in [0.05, 0.1) is 0 Å². The van der Waals surface area contributed by atoms with E-state index < -0.39 is 18.0 Å². The molecule has 1 saturated heterocycles. The Balaban J connectivity index is 0.00000420. The summed E-state index contributed by atoms with van der Waals surface area (Å²) in [5, 5.41) is 0. The van der Waals surface area contributed by atoms with Gasteiger partial charge in [0, 0.05) is 37.6 Å². The van der Waals surface area contributed by atoms with Gasteiger partial charge in [-0.2, -0.15) is 0 Å². The zero-order chi connectivity index (χ0) is 21.4. The van der Waals surface area contributed by atoms with Crippen molar-refractivity contribution in [2.45, 2.75) is 58.6 Å². The first kappa shape index (κ1) is 27.3. The van der Waals surface area contributed by atoms with E-state index in [1.807, 2.05) is 27.7 Å². The number of thiol groups is 1. The number of ether oxygens (including phenoxy) is 1. The maximum absolute atomic E-state index is 13.6. The molecule has 158 valence electrons. The number of hydrogen-bond donors (Lipinski definition) is 1. The third kappa shape index (κ3) is 6.89. The van der Waals surface area contributed by atoms with Crippen molar-refractivity contribution in [1.82, 2.24) is 9.80 Å². The number of halogens is 3. The van der Waals surface area contributed by atoms with E-state index in [4.69, 9.17) is 4.74 Å². The molecule has 0 atom stereocenters. The molecule has 0 unspecified atom stereocenters. The summed E-state index contributed by atoms with van der Waals surface area (Å²) in [6, 6.07) is 0. The van der Waals surface area contributed by atoms with Crippen LogP contribution in [-0.4, -0.2) is 54.7 Å². The number of rotatable bonds is 3. The summed E-state index contributed by atoms with van der Waals surface area (Å²) in [6.07, 6.45) is -0.352. The Kier molecular flexibility index (Phi) is 9.68. The van der Waals surface area contributed by atoms with Gasteiger partial charge in [0.1, 0.15) is 5.60 Å². The van der Waals surface area contributed by atoms with Crippen LogP contribution in [0.15, 0.2) is 4.90 Å². The molecule has 1 fully saturated rings. The average molecular weight is 456 g/mol. The van der Waals surface area contributed by atoms with Gasteiger partial charge in [0.15, 0.2) is 0 Å². The first-order chi connectivity index (χ1) is 12.7. The molecular formula is C19H29BF3KN2O2S. The molecular weight excluding hydrogens is 427 g/mol. The van der Waals surface area contributed by atoms with E-state index in [1.54, 1.807) is 11.8 Å². The summed E-state index contributed by atoms with van der Waals surface area (Å²) < 4.78 is 46.2. The standard InChI is InChI=1S/C19H29BF3N2O2S.K/c1-12-15(13(2)17(28)14(3)16(12)20(21,22)23)11-24-7-9-25(10-8-24)18(26)27-19(4,5)6;/h28H,7-11H2,1-6H3;/q-1;+1. The summed E-state index contributed by atoms with van der Waals surface area (Å²) in [5.41, 5.74) is 0.868. The molecule has 1 amide bonds. The number of piperazine rings is 1. The molecule has 1 aromatic rings. The fourth-order valence-corrected chi connectivity index (χ4v) is 3.90. The molecule has 1 aliphatic heterocycles. The second-order valence-electron chi connectivity index (χ2n) is 8.43. The van der Waals surface area contributed by atoms with Gasteiger partial charge < -0.3 is 22.6 Å². The van der Waals surface area contributed by atoms with Crippen LogP contribution in [0.4, 0.5) is 17.7 Å². The van der Waals surface area contributed by atoms with E-state index in [0.717, 1.165) is 5.56 Å². The minimum Gasteiger partial charge on any atom is -0.445 e. The van der Waals surface area contributed by atoms with Gasteiger partial charge in [-0.25, -0.2) is 4.79 Å². The predicted octanol–water partition coefficient (Wildman–Crippen LogP) is 1.01. The van der Waals surface area contributed by atoms with Gasteiger partial charge in [-0.15, -0.1) is 18.1 Å². The van der Waals surface area contributed by atoms with Crippen molar-refractivity contribution in [2.24, 2.45) is 0 Å². The van der Waals surface area contributed by atoms with Crippen molar-refractivity contribution < 1.29 is 73.9 Å². The molecule has 0 N–H and O–H groups in total. The first-order valence-electron chi connectivity index (χ1n) is 9.44. The van der Waals surface area contributed by atoms with E-state index in [0.29, 0.717) is 43.2 Å². The van der Waals surface area contributed by atoms with Crippen molar-refractivity contribution in [3.8, 4) is 0 Å². The zero-order valence-electron chi connectivity index (χ0n) is 18.4. The predicted molar refractivity (Wildman–Crippen MR) is 110 cm³/mol. The molecule has 0 bridgehead atoms. The normalized spacial score (nSPS) is 15.9. The largest absolute Gasteiger partial charge is 1.00 e.